The molecule has 4 nitrogen and oxygen atoms in total. The molecule has 22 heavy (non-hydrogen) atoms. The van der Waals surface area contributed by atoms with Crippen molar-refractivity contribution in [2.45, 2.75) is 32.2 Å². The summed E-state index contributed by atoms with van der Waals surface area (Å²) in [7, 11) is 0. The number of anilines is 1. The minimum atomic E-state index is 0. The van der Waals surface area contributed by atoms with Crippen LogP contribution in [0.1, 0.15) is 36.4 Å². The fraction of sp³-hybridized carbons (Fsp3) is 0.333. The van der Waals surface area contributed by atoms with Crippen molar-refractivity contribution in [1.29, 1.82) is 0 Å². The van der Waals surface area contributed by atoms with Crippen LogP contribution in [0, 0.1) is 0 Å². The van der Waals surface area contributed by atoms with Gasteiger partial charge in [0.1, 0.15) is 5.01 Å². The summed E-state index contributed by atoms with van der Waals surface area (Å²) in [5.74, 6) is 0.0373. The van der Waals surface area contributed by atoms with Gasteiger partial charge in [0.05, 0.1) is 6.04 Å². The van der Waals surface area contributed by atoms with Crippen LogP contribution < -0.4 is 11.1 Å². The Labute approximate surface area is 147 Å². The number of rotatable bonds is 6. The van der Waals surface area contributed by atoms with Gasteiger partial charge in [-0.2, -0.15) is 0 Å². The molecule has 1 amide bonds. The zero-order chi connectivity index (χ0) is 14.4. The number of nitrogens with zero attached hydrogens (tertiary/aromatic N) is 1. The van der Waals surface area contributed by atoms with Gasteiger partial charge in [0.25, 0.3) is 0 Å². The molecule has 0 saturated carbocycles. The van der Waals surface area contributed by atoms with Crippen LogP contribution in [-0.2, 0) is 11.2 Å². The summed E-state index contributed by atoms with van der Waals surface area (Å²) < 4.78 is 0. The van der Waals surface area contributed by atoms with Gasteiger partial charge in [-0.1, -0.05) is 25.1 Å². The molecule has 122 valence electrons. The number of thiazole rings is 1. The van der Waals surface area contributed by atoms with Crippen molar-refractivity contribution in [2.75, 3.05) is 5.73 Å². The molecule has 0 fully saturated rings. The van der Waals surface area contributed by atoms with Gasteiger partial charge >= 0.3 is 0 Å². The lowest BCUT2D eigenvalue weighted by Gasteiger charge is -2.14. The molecular weight excluding hydrogens is 341 g/mol. The van der Waals surface area contributed by atoms with E-state index in [4.69, 9.17) is 5.73 Å². The lowest BCUT2D eigenvalue weighted by Crippen LogP contribution is -2.28. The summed E-state index contributed by atoms with van der Waals surface area (Å²) in [6.07, 6.45) is 3.70. The predicted molar refractivity (Wildman–Crippen MR) is 97.0 cm³/mol. The molecule has 1 heterocycles. The van der Waals surface area contributed by atoms with E-state index < -0.39 is 0 Å². The van der Waals surface area contributed by atoms with Gasteiger partial charge in [0.15, 0.2) is 0 Å². The molecule has 1 atom stereocenters. The second kappa shape index (κ2) is 10.4. The third-order valence-corrected chi connectivity index (χ3v) is 4.06. The molecule has 3 N–H and O–H groups in total. The molecule has 1 aromatic carbocycles. The zero-order valence-corrected chi connectivity index (χ0v) is 14.8. The molecule has 1 unspecified atom stereocenters. The van der Waals surface area contributed by atoms with Crippen molar-refractivity contribution in [2.24, 2.45) is 0 Å². The van der Waals surface area contributed by atoms with Crippen LogP contribution in [0.4, 0.5) is 5.69 Å². The van der Waals surface area contributed by atoms with Crippen LogP contribution in [0.15, 0.2) is 35.8 Å². The highest BCUT2D eigenvalue weighted by molar-refractivity contribution is 7.09. The van der Waals surface area contributed by atoms with E-state index >= 15 is 0 Å². The van der Waals surface area contributed by atoms with Crippen molar-refractivity contribution in [3.63, 3.8) is 0 Å². The second-order valence-corrected chi connectivity index (χ2v) is 5.52. The number of nitrogens with one attached hydrogen (secondary N) is 1. The lowest BCUT2D eigenvalue weighted by atomic mass is 10.1. The van der Waals surface area contributed by atoms with Crippen LogP contribution in [0.25, 0.3) is 0 Å². The molecule has 0 saturated heterocycles. The summed E-state index contributed by atoms with van der Waals surface area (Å²) >= 11 is 1.57. The van der Waals surface area contributed by atoms with Crippen molar-refractivity contribution >= 4 is 47.7 Å². The summed E-state index contributed by atoms with van der Waals surface area (Å²) in [4.78, 5) is 16.3. The monoisotopic (exact) mass is 361 g/mol. The van der Waals surface area contributed by atoms with Gasteiger partial charge in [0.2, 0.25) is 5.91 Å². The number of hydrogen-bond acceptors (Lipinski definition) is 4. The van der Waals surface area contributed by atoms with E-state index in [0.29, 0.717) is 12.8 Å². The maximum absolute atomic E-state index is 12.0. The Morgan fingerprint density at radius 3 is 2.68 bits per heavy atom. The Kier molecular flexibility index (Phi) is 9.81. The fourth-order valence-corrected chi connectivity index (χ4v) is 2.79. The number of aromatic nitrogens is 1. The van der Waals surface area contributed by atoms with Gasteiger partial charge in [-0.05, 0) is 24.5 Å². The van der Waals surface area contributed by atoms with Gasteiger partial charge < -0.3 is 11.1 Å². The van der Waals surface area contributed by atoms with E-state index in [9.17, 15) is 4.79 Å². The molecule has 0 spiro atoms. The highest BCUT2D eigenvalue weighted by Crippen LogP contribution is 2.19. The number of nitrogens with two attached hydrogens (primary N) is 1. The first-order valence-electron chi connectivity index (χ1n) is 6.72. The molecular formula is C15H21Cl2N3OS. The molecule has 2 rings (SSSR count). The molecule has 1 aromatic heterocycles. The third kappa shape index (κ3) is 5.83. The average Bonchev–Trinajstić information content (AvgIpc) is 2.98. The van der Waals surface area contributed by atoms with E-state index in [0.717, 1.165) is 22.7 Å². The number of nitrogen functional groups attached to an aromatic ring is 1. The van der Waals surface area contributed by atoms with E-state index in [1.54, 1.807) is 17.5 Å². The minimum absolute atomic E-state index is 0. The Morgan fingerprint density at radius 1 is 1.36 bits per heavy atom. The Morgan fingerprint density at radius 2 is 2.09 bits per heavy atom. The molecule has 0 aliphatic carbocycles. The fourth-order valence-electron chi connectivity index (χ4n) is 2.02. The quantitative estimate of drug-likeness (QED) is 0.769. The molecule has 0 radical (unpaired) electrons. The molecule has 0 bridgehead atoms. The number of para-hydroxylation sites is 1. The maximum atomic E-state index is 12.0. The number of carbonyl (C=O) groups is 1. The summed E-state index contributed by atoms with van der Waals surface area (Å²) in [5, 5.41) is 5.91. The Hall–Kier alpha value is -1.30. The summed E-state index contributed by atoms with van der Waals surface area (Å²) in [5.41, 5.74) is 7.63. The number of aryl methyl sites for hydroxylation is 1. The van der Waals surface area contributed by atoms with Crippen LogP contribution in [0.2, 0.25) is 0 Å². The minimum Gasteiger partial charge on any atom is -0.399 e. The lowest BCUT2D eigenvalue weighted by molar-refractivity contribution is -0.121. The first kappa shape index (κ1) is 20.7. The smallest absolute Gasteiger partial charge is 0.220 e. The predicted octanol–water partition coefficient (Wildman–Crippen LogP) is 3.77. The van der Waals surface area contributed by atoms with Crippen LogP contribution in [-0.4, -0.2) is 10.9 Å². The van der Waals surface area contributed by atoms with Crippen LogP contribution in [0.5, 0.6) is 0 Å². The van der Waals surface area contributed by atoms with E-state index in [1.165, 1.54) is 0 Å². The van der Waals surface area contributed by atoms with Crippen molar-refractivity contribution < 1.29 is 4.79 Å². The first-order valence-corrected chi connectivity index (χ1v) is 7.60. The number of halogens is 2. The average molecular weight is 362 g/mol. The van der Waals surface area contributed by atoms with Crippen molar-refractivity contribution in [3.8, 4) is 0 Å². The van der Waals surface area contributed by atoms with E-state index in [-0.39, 0.29) is 36.8 Å². The number of benzene rings is 1. The molecule has 7 heteroatoms. The highest BCUT2D eigenvalue weighted by Gasteiger charge is 2.14. The van der Waals surface area contributed by atoms with Gasteiger partial charge in [-0.25, -0.2) is 4.98 Å². The van der Waals surface area contributed by atoms with Crippen LogP contribution in [0.3, 0.4) is 0 Å². The van der Waals surface area contributed by atoms with Gasteiger partial charge in [-0.3, -0.25) is 4.79 Å². The topological polar surface area (TPSA) is 68.0 Å². The Bertz CT molecular complexity index is 564. The largest absolute Gasteiger partial charge is 0.399 e. The number of amides is 1. The molecule has 0 aliphatic heterocycles. The standard InChI is InChI=1S/C15H19N3OS.2ClH/c1-2-13(15-17-9-10-20-15)18-14(19)8-7-11-5-3-4-6-12(11)16;;/h3-6,9-10,13H,2,7-8,16H2,1H3,(H,18,19);2*1H. The molecule has 2 aromatic rings. The van der Waals surface area contributed by atoms with Crippen molar-refractivity contribution in [1.82, 2.24) is 10.3 Å². The second-order valence-electron chi connectivity index (χ2n) is 4.60. The van der Waals surface area contributed by atoms with Crippen molar-refractivity contribution in [3.05, 3.63) is 46.4 Å². The van der Waals surface area contributed by atoms with Gasteiger partial charge in [0, 0.05) is 23.7 Å². The zero-order valence-electron chi connectivity index (χ0n) is 12.3. The van der Waals surface area contributed by atoms with E-state index in [2.05, 4.69) is 10.3 Å². The number of hydrogen-bond donors (Lipinski definition) is 2. The highest BCUT2D eigenvalue weighted by atomic mass is 35.5. The SMILES string of the molecule is CCC(NC(=O)CCc1ccccc1N)c1nccs1.Cl.Cl. The first-order chi connectivity index (χ1) is 9.70. The van der Waals surface area contributed by atoms with Gasteiger partial charge in [-0.15, -0.1) is 36.2 Å². The Balaban J connectivity index is 0.00000220. The summed E-state index contributed by atoms with van der Waals surface area (Å²) in [6, 6.07) is 7.66. The summed E-state index contributed by atoms with van der Waals surface area (Å²) in [6.45, 7) is 2.04. The number of carbonyl (C=O) groups excluding carboxylic acids is 1. The van der Waals surface area contributed by atoms with E-state index in [1.807, 2.05) is 36.6 Å². The third-order valence-electron chi connectivity index (χ3n) is 3.17. The normalized spacial score (nSPS) is 11.0. The van der Waals surface area contributed by atoms with Crippen LogP contribution >= 0.6 is 36.2 Å². The maximum Gasteiger partial charge on any atom is 0.220 e. The molecule has 0 aliphatic rings.